The molecule has 0 amide bonds. The topological polar surface area (TPSA) is 32.7 Å². The number of halogens is 1. The molecule has 0 saturated heterocycles. The molecule has 0 aliphatic carbocycles. The van der Waals surface area contributed by atoms with Gasteiger partial charge in [0.1, 0.15) is 11.5 Å². The lowest BCUT2D eigenvalue weighted by molar-refractivity contribution is 0.189. The van der Waals surface area contributed by atoms with Gasteiger partial charge in [0.15, 0.2) is 0 Å². The largest absolute Gasteiger partial charge is 0.506 e. The van der Waals surface area contributed by atoms with E-state index in [2.05, 4.69) is 48.2 Å². The van der Waals surface area contributed by atoms with Crippen molar-refractivity contribution in [3.05, 3.63) is 94.5 Å². The van der Waals surface area contributed by atoms with E-state index in [1.807, 2.05) is 30.3 Å². The Morgan fingerprint density at radius 1 is 0.893 bits per heavy atom. The Morgan fingerprint density at radius 3 is 2.18 bits per heavy atom. The summed E-state index contributed by atoms with van der Waals surface area (Å²) in [6, 6.07) is 24.5. The molecule has 0 aliphatic heterocycles. The highest BCUT2D eigenvalue weighted by Crippen LogP contribution is 2.25. The van der Waals surface area contributed by atoms with E-state index in [4.69, 9.17) is 16.3 Å². The Morgan fingerprint density at radius 2 is 1.54 bits per heavy atom. The third-order valence-corrected chi connectivity index (χ3v) is 5.24. The molecule has 0 aromatic heterocycles. The summed E-state index contributed by atoms with van der Waals surface area (Å²) in [4.78, 5) is 2.43. The molecule has 28 heavy (non-hydrogen) atoms. The van der Waals surface area contributed by atoms with E-state index in [1.165, 1.54) is 11.1 Å². The molecule has 0 spiro atoms. The molecule has 3 aromatic carbocycles. The third kappa shape index (κ3) is 5.51. The fourth-order valence-electron chi connectivity index (χ4n) is 3.30. The number of benzene rings is 3. The molecule has 3 nitrogen and oxygen atoms in total. The highest BCUT2D eigenvalue weighted by atomic mass is 35.5. The molecule has 146 valence electrons. The van der Waals surface area contributed by atoms with Crippen LogP contribution in [0, 0.1) is 0 Å². The summed E-state index contributed by atoms with van der Waals surface area (Å²) in [6.45, 7) is 3.85. The molecule has 0 bridgehead atoms. The minimum Gasteiger partial charge on any atom is -0.506 e. The van der Waals surface area contributed by atoms with Gasteiger partial charge in [0.25, 0.3) is 0 Å². The van der Waals surface area contributed by atoms with E-state index in [9.17, 15) is 5.11 Å². The maximum Gasteiger partial charge on any atom is 0.134 e. The number of hydrogen-bond donors (Lipinski definition) is 1. The van der Waals surface area contributed by atoms with Gasteiger partial charge in [-0.15, -0.1) is 0 Å². The zero-order valence-electron chi connectivity index (χ0n) is 16.3. The standard InChI is InChI=1S/C24H26ClNO2/c1-18(14-19-8-11-22(28-2)12-9-19)26(16-20-6-4-3-5-7-20)17-21-10-13-24(27)23(25)15-21/h3-13,15,18,27H,14,16-17H2,1-2H3. The van der Waals surface area contributed by atoms with Gasteiger partial charge in [-0.25, -0.2) is 0 Å². The quantitative estimate of drug-likeness (QED) is 0.532. The van der Waals surface area contributed by atoms with Gasteiger partial charge < -0.3 is 9.84 Å². The van der Waals surface area contributed by atoms with Crippen molar-refractivity contribution >= 4 is 11.6 Å². The molecule has 0 radical (unpaired) electrons. The average molecular weight is 396 g/mol. The number of nitrogens with zero attached hydrogens (tertiary/aromatic N) is 1. The van der Waals surface area contributed by atoms with Gasteiger partial charge in [-0.05, 0) is 54.3 Å². The Hall–Kier alpha value is -2.49. The third-order valence-electron chi connectivity index (χ3n) is 4.94. The van der Waals surface area contributed by atoms with Crippen LogP contribution >= 0.6 is 11.6 Å². The number of phenols is 1. The zero-order chi connectivity index (χ0) is 19.9. The summed E-state index contributed by atoms with van der Waals surface area (Å²) in [6.07, 6.45) is 0.933. The molecule has 0 saturated carbocycles. The molecule has 3 aromatic rings. The minimum absolute atomic E-state index is 0.117. The zero-order valence-corrected chi connectivity index (χ0v) is 17.1. The van der Waals surface area contributed by atoms with Crippen molar-refractivity contribution in [1.82, 2.24) is 4.90 Å². The Balaban J connectivity index is 1.78. The van der Waals surface area contributed by atoms with Crippen molar-refractivity contribution < 1.29 is 9.84 Å². The van der Waals surface area contributed by atoms with Gasteiger partial charge in [0.2, 0.25) is 0 Å². The second-order valence-electron chi connectivity index (χ2n) is 7.08. The lowest BCUT2D eigenvalue weighted by Crippen LogP contribution is -2.33. The first kappa shape index (κ1) is 20.2. The molecule has 1 N–H and O–H groups in total. The van der Waals surface area contributed by atoms with Gasteiger partial charge in [-0.1, -0.05) is 60.1 Å². The van der Waals surface area contributed by atoms with Crippen molar-refractivity contribution in [3.8, 4) is 11.5 Å². The van der Waals surface area contributed by atoms with Gasteiger partial charge in [0, 0.05) is 19.1 Å². The second-order valence-corrected chi connectivity index (χ2v) is 7.48. The summed E-state index contributed by atoms with van der Waals surface area (Å²) in [5.74, 6) is 0.989. The van der Waals surface area contributed by atoms with Crippen LogP contribution in [0.3, 0.4) is 0 Å². The highest BCUT2D eigenvalue weighted by molar-refractivity contribution is 6.32. The number of ether oxygens (including phenoxy) is 1. The first-order valence-corrected chi connectivity index (χ1v) is 9.81. The summed E-state index contributed by atoms with van der Waals surface area (Å²) in [7, 11) is 1.68. The fourth-order valence-corrected chi connectivity index (χ4v) is 3.50. The molecular weight excluding hydrogens is 370 g/mol. The molecule has 3 rings (SSSR count). The lowest BCUT2D eigenvalue weighted by atomic mass is 10.0. The fraction of sp³-hybridized carbons (Fsp3) is 0.250. The second kappa shape index (κ2) is 9.63. The van der Waals surface area contributed by atoms with Gasteiger partial charge in [-0.3, -0.25) is 4.90 Å². The summed E-state index contributed by atoms with van der Waals surface area (Å²) >= 11 is 6.12. The number of phenolic OH excluding ortho intramolecular Hbond substituents is 1. The molecule has 0 fully saturated rings. The van der Waals surface area contributed by atoms with Crippen LogP contribution in [0.25, 0.3) is 0 Å². The van der Waals surface area contributed by atoms with E-state index < -0.39 is 0 Å². The summed E-state index contributed by atoms with van der Waals surface area (Å²) in [5.41, 5.74) is 3.63. The van der Waals surface area contributed by atoms with Crippen LogP contribution in [-0.2, 0) is 19.5 Å². The maximum atomic E-state index is 9.70. The van der Waals surface area contributed by atoms with E-state index in [0.717, 1.165) is 30.8 Å². The highest BCUT2D eigenvalue weighted by Gasteiger charge is 2.16. The van der Waals surface area contributed by atoms with Crippen molar-refractivity contribution in [2.24, 2.45) is 0 Å². The van der Waals surface area contributed by atoms with Gasteiger partial charge in [-0.2, -0.15) is 0 Å². The smallest absolute Gasteiger partial charge is 0.134 e. The average Bonchev–Trinajstić information content (AvgIpc) is 2.71. The Labute approximate surface area is 172 Å². The normalized spacial score (nSPS) is 12.1. The van der Waals surface area contributed by atoms with Crippen molar-refractivity contribution in [3.63, 3.8) is 0 Å². The number of hydrogen-bond acceptors (Lipinski definition) is 3. The van der Waals surface area contributed by atoms with Crippen molar-refractivity contribution in [2.75, 3.05) is 7.11 Å². The van der Waals surface area contributed by atoms with Crippen molar-refractivity contribution in [2.45, 2.75) is 32.5 Å². The molecule has 0 heterocycles. The number of methoxy groups -OCH3 is 1. The first-order valence-electron chi connectivity index (χ1n) is 9.43. The molecule has 1 atom stereocenters. The monoisotopic (exact) mass is 395 g/mol. The predicted molar refractivity (Wildman–Crippen MR) is 115 cm³/mol. The number of aromatic hydroxyl groups is 1. The van der Waals surface area contributed by atoms with Crippen LogP contribution in [0.15, 0.2) is 72.8 Å². The van der Waals surface area contributed by atoms with Crippen LogP contribution in [0.1, 0.15) is 23.6 Å². The van der Waals surface area contributed by atoms with Crippen LogP contribution in [0.2, 0.25) is 5.02 Å². The summed E-state index contributed by atoms with van der Waals surface area (Å²) < 4.78 is 5.26. The SMILES string of the molecule is COc1ccc(CC(C)N(Cc2ccccc2)Cc2ccc(O)c(Cl)c2)cc1. The van der Waals surface area contributed by atoms with Gasteiger partial charge in [0.05, 0.1) is 12.1 Å². The predicted octanol–water partition coefficient (Wildman–Crippen LogP) is 5.69. The van der Waals surface area contributed by atoms with Crippen LogP contribution in [0.4, 0.5) is 0 Å². The van der Waals surface area contributed by atoms with E-state index in [0.29, 0.717) is 11.1 Å². The molecule has 4 heteroatoms. The molecule has 0 aliphatic rings. The molecular formula is C24H26ClNO2. The molecule has 1 unspecified atom stereocenters. The van der Waals surface area contributed by atoms with Crippen LogP contribution in [0.5, 0.6) is 11.5 Å². The van der Waals surface area contributed by atoms with E-state index >= 15 is 0 Å². The Bertz CT molecular complexity index is 881. The van der Waals surface area contributed by atoms with Crippen molar-refractivity contribution in [1.29, 1.82) is 0 Å². The number of rotatable bonds is 8. The minimum atomic E-state index is 0.117. The maximum absolute atomic E-state index is 9.70. The summed E-state index contributed by atoms with van der Waals surface area (Å²) in [5, 5.41) is 10.1. The van der Waals surface area contributed by atoms with Gasteiger partial charge >= 0.3 is 0 Å². The van der Waals surface area contributed by atoms with E-state index in [1.54, 1.807) is 13.2 Å². The van der Waals surface area contributed by atoms with E-state index in [-0.39, 0.29) is 5.75 Å². The first-order chi connectivity index (χ1) is 13.5. The van der Waals surface area contributed by atoms with Crippen LogP contribution < -0.4 is 4.74 Å². The van der Waals surface area contributed by atoms with Crippen LogP contribution in [-0.4, -0.2) is 23.2 Å². The Kier molecular flexibility index (Phi) is 6.96. The lowest BCUT2D eigenvalue weighted by Gasteiger charge is -2.30.